The van der Waals surface area contributed by atoms with Gasteiger partial charge in [0.1, 0.15) is 36.9 Å². The first-order valence-corrected chi connectivity index (χ1v) is 16.7. The summed E-state index contributed by atoms with van der Waals surface area (Å²) in [5.41, 5.74) is 3.98. The molecule has 2 atom stereocenters. The van der Waals surface area contributed by atoms with E-state index in [0.717, 1.165) is 54.5 Å². The topological polar surface area (TPSA) is 43.5 Å². The molecular weight excluding hydrogens is 496 g/mol. The Hall–Kier alpha value is -1.78. The van der Waals surface area contributed by atoms with Gasteiger partial charge in [-0.25, -0.2) is 0 Å². The highest BCUT2D eigenvalue weighted by Crippen LogP contribution is 2.67. The van der Waals surface area contributed by atoms with Crippen molar-refractivity contribution < 1.29 is 18.9 Å². The van der Waals surface area contributed by atoms with E-state index in [1.54, 1.807) is 11.1 Å². The average molecular weight is 541 g/mol. The molecule has 2 aliphatic heterocycles. The zero-order chi connectivity index (χ0) is 26.1. The van der Waals surface area contributed by atoms with E-state index in [9.17, 15) is 0 Å². The lowest BCUT2D eigenvalue weighted by atomic mass is 9.44. The van der Waals surface area contributed by atoms with Gasteiger partial charge in [-0.15, -0.1) is 0 Å². The average Bonchev–Trinajstić information content (AvgIpc) is 3.84. The van der Waals surface area contributed by atoms with Crippen LogP contribution in [0.5, 0.6) is 11.5 Å². The molecule has 10 fully saturated rings. The Morgan fingerprint density at radius 2 is 1.12 bits per heavy atom. The number of ether oxygens (including phenoxy) is 4. The molecule has 0 aromatic heterocycles. The lowest BCUT2D eigenvalue weighted by Gasteiger charge is -2.61. The number of fused-ring (bicyclic) bond motifs is 1. The van der Waals surface area contributed by atoms with Crippen molar-refractivity contribution in [3.63, 3.8) is 0 Å². The molecular formula is C36H44O4. The third kappa shape index (κ3) is 3.70. The monoisotopic (exact) mass is 540 g/mol. The first-order chi connectivity index (χ1) is 19.6. The second kappa shape index (κ2) is 8.40. The zero-order valence-corrected chi connectivity index (χ0v) is 23.9. The van der Waals surface area contributed by atoms with Gasteiger partial charge in [-0.3, -0.25) is 0 Å². The largest absolute Gasteiger partial charge is 0.490 e. The predicted octanol–water partition coefficient (Wildman–Crippen LogP) is 7.33. The Bertz CT molecular complexity index is 1280. The standard InChI is InChI=1S/C36H44O4/c1-2-29-30(32(3-1)39-19-27-17-37-27)10-31(35-11-21-4-22(12-35)6-23(5-21)13-35)33(34(29)40-20-28-18-38-28)36-14-24-7-25(15-36)9-26(8-24)16-36/h1-3,10,21-28H,4-9,11-20H2. The third-order valence-corrected chi connectivity index (χ3v) is 12.9. The molecule has 10 aliphatic rings. The molecule has 8 aliphatic carbocycles. The minimum absolute atomic E-state index is 0.256. The van der Waals surface area contributed by atoms with E-state index in [1.165, 1.54) is 93.6 Å². The van der Waals surface area contributed by atoms with E-state index in [4.69, 9.17) is 18.9 Å². The van der Waals surface area contributed by atoms with Gasteiger partial charge < -0.3 is 18.9 Å². The molecule has 0 spiro atoms. The summed E-state index contributed by atoms with van der Waals surface area (Å²) in [6, 6.07) is 9.37. The highest BCUT2D eigenvalue weighted by molar-refractivity contribution is 5.96. The van der Waals surface area contributed by atoms with Crippen LogP contribution < -0.4 is 9.47 Å². The Labute approximate surface area is 238 Å². The van der Waals surface area contributed by atoms with Gasteiger partial charge in [0.15, 0.2) is 0 Å². The normalized spacial score (nSPS) is 45.3. The SMILES string of the molecule is c1cc(OCC2CO2)c2cc(C34CC5CC(CC(C5)C3)C4)c(C34CC5CC(CC(C5)C3)C4)c(OCC3CO3)c2c1. The summed E-state index contributed by atoms with van der Waals surface area (Å²) in [5, 5.41) is 2.54. The Kier molecular flexibility index (Phi) is 4.99. The second-order valence-electron chi connectivity index (χ2n) is 15.9. The maximum atomic E-state index is 7.06. The van der Waals surface area contributed by atoms with Crippen LogP contribution in [0.3, 0.4) is 0 Å². The van der Waals surface area contributed by atoms with Crippen molar-refractivity contribution in [1.82, 2.24) is 0 Å². The minimum atomic E-state index is 0.256. The number of hydrogen-bond donors (Lipinski definition) is 0. The molecule has 4 nitrogen and oxygen atoms in total. The van der Waals surface area contributed by atoms with Gasteiger partial charge >= 0.3 is 0 Å². The van der Waals surface area contributed by atoms with Gasteiger partial charge in [-0.05, 0) is 136 Å². The molecule has 4 heteroatoms. The van der Waals surface area contributed by atoms with Crippen LogP contribution in [0.2, 0.25) is 0 Å². The van der Waals surface area contributed by atoms with Crippen LogP contribution in [0.15, 0.2) is 24.3 Å². The van der Waals surface area contributed by atoms with Crippen molar-refractivity contribution in [3.05, 3.63) is 35.4 Å². The van der Waals surface area contributed by atoms with E-state index in [-0.39, 0.29) is 12.2 Å². The van der Waals surface area contributed by atoms with Crippen LogP contribution in [0.4, 0.5) is 0 Å². The Balaban J connectivity index is 1.21. The van der Waals surface area contributed by atoms with E-state index in [1.807, 2.05) is 0 Å². The van der Waals surface area contributed by atoms with Crippen LogP contribution in [-0.2, 0) is 20.3 Å². The molecule has 0 N–H and O–H groups in total. The summed E-state index contributed by atoms with van der Waals surface area (Å²) < 4.78 is 24.8. The lowest BCUT2D eigenvalue weighted by Crippen LogP contribution is -2.52. The van der Waals surface area contributed by atoms with Crippen LogP contribution in [0, 0.1) is 35.5 Å². The molecule has 8 bridgehead atoms. The molecule has 0 amide bonds. The molecule has 212 valence electrons. The number of hydrogen-bond acceptors (Lipinski definition) is 4. The van der Waals surface area contributed by atoms with Crippen molar-refractivity contribution in [3.8, 4) is 11.5 Å². The van der Waals surface area contributed by atoms with Crippen molar-refractivity contribution in [2.75, 3.05) is 26.4 Å². The van der Waals surface area contributed by atoms with Gasteiger partial charge in [-0.2, -0.15) is 0 Å². The van der Waals surface area contributed by atoms with Gasteiger partial charge in [0, 0.05) is 21.8 Å². The van der Waals surface area contributed by atoms with Crippen LogP contribution in [0.25, 0.3) is 10.8 Å². The Morgan fingerprint density at radius 1 is 0.625 bits per heavy atom. The maximum Gasteiger partial charge on any atom is 0.131 e. The van der Waals surface area contributed by atoms with Crippen molar-refractivity contribution in [2.45, 2.75) is 100 Å². The highest BCUT2D eigenvalue weighted by atomic mass is 16.6. The summed E-state index contributed by atoms with van der Waals surface area (Å²) in [7, 11) is 0. The van der Waals surface area contributed by atoms with E-state index >= 15 is 0 Å². The van der Waals surface area contributed by atoms with Crippen molar-refractivity contribution in [2.24, 2.45) is 35.5 Å². The van der Waals surface area contributed by atoms with Crippen LogP contribution in [0.1, 0.15) is 88.2 Å². The highest BCUT2D eigenvalue weighted by Gasteiger charge is 2.58. The first-order valence-electron chi connectivity index (χ1n) is 16.7. The molecule has 2 aromatic rings. The molecule has 40 heavy (non-hydrogen) atoms. The summed E-state index contributed by atoms with van der Waals surface area (Å²) in [6.07, 6.45) is 17.7. The molecule has 2 unspecified atom stereocenters. The second-order valence-corrected chi connectivity index (χ2v) is 15.9. The van der Waals surface area contributed by atoms with Gasteiger partial charge in [0.25, 0.3) is 0 Å². The minimum Gasteiger partial charge on any atom is -0.490 e. The Morgan fingerprint density at radius 3 is 1.65 bits per heavy atom. The third-order valence-electron chi connectivity index (χ3n) is 12.9. The molecule has 0 radical (unpaired) electrons. The number of epoxide rings is 2. The lowest BCUT2D eigenvalue weighted by molar-refractivity contribution is -0.0183. The van der Waals surface area contributed by atoms with E-state index in [2.05, 4.69) is 24.3 Å². The van der Waals surface area contributed by atoms with Gasteiger partial charge in [-0.1, -0.05) is 12.1 Å². The molecule has 2 saturated heterocycles. The fourth-order valence-electron chi connectivity index (χ4n) is 12.1. The summed E-state index contributed by atoms with van der Waals surface area (Å²) >= 11 is 0. The quantitative estimate of drug-likeness (QED) is 0.329. The smallest absolute Gasteiger partial charge is 0.131 e. The van der Waals surface area contributed by atoms with Gasteiger partial charge in [0.05, 0.1) is 13.2 Å². The van der Waals surface area contributed by atoms with Gasteiger partial charge in [0.2, 0.25) is 0 Å². The maximum absolute atomic E-state index is 7.06. The van der Waals surface area contributed by atoms with Crippen LogP contribution >= 0.6 is 0 Å². The molecule has 12 rings (SSSR count). The van der Waals surface area contributed by atoms with Crippen molar-refractivity contribution in [1.29, 1.82) is 0 Å². The first kappa shape index (κ1) is 23.7. The van der Waals surface area contributed by atoms with E-state index < -0.39 is 0 Å². The predicted molar refractivity (Wildman–Crippen MR) is 154 cm³/mol. The van der Waals surface area contributed by atoms with Crippen LogP contribution in [-0.4, -0.2) is 38.6 Å². The molecule has 2 aromatic carbocycles. The zero-order valence-electron chi connectivity index (χ0n) is 23.9. The van der Waals surface area contributed by atoms with Crippen molar-refractivity contribution >= 4 is 10.8 Å². The fourth-order valence-corrected chi connectivity index (χ4v) is 12.1. The number of benzene rings is 2. The fraction of sp³-hybridized carbons (Fsp3) is 0.722. The summed E-state index contributed by atoms with van der Waals surface area (Å²) in [5.74, 6) is 7.76. The summed E-state index contributed by atoms with van der Waals surface area (Å²) in [6.45, 7) is 3.00. The summed E-state index contributed by atoms with van der Waals surface area (Å²) in [4.78, 5) is 0. The number of rotatable bonds is 8. The van der Waals surface area contributed by atoms with E-state index in [0.29, 0.717) is 24.0 Å². The molecule has 2 heterocycles. The molecule has 8 saturated carbocycles.